The van der Waals surface area contributed by atoms with Crippen molar-refractivity contribution in [3.63, 3.8) is 0 Å². The molecule has 0 saturated carbocycles. The third kappa shape index (κ3) is 5.75. The number of nitrogens with zero attached hydrogens (tertiary/aromatic N) is 1. The van der Waals surface area contributed by atoms with E-state index in [1.807, 2.05) is 12.1 Å². The molecule has 2 aromatic carbocycles. The lowest BCUT2D eigenvalue weighted by Crippen LogP contribution is -2.24. The first-order chi connectivity index (χ1) is 14.6. The van der Waals surface area contributed by atoms with Gasteiger partial charge in [0.25, 0.3) is 5.91 Å². The third-order valence-electron chi connectivity index (χ3n) is 6.21. The van der Waals surface area contributed by atoms with E-state index in [9.17, 15) is 4.79 Å². The van der Waals surface area contributed by atoms with Crippen molar-refractivity contribution in [1.82, 2.24) is 5.32 Å². The predicted molar refractivity (Wildman–Crippen MR) is 128 cm³/mol. The van der Waals surface area contributed by atoms with Crippen LogP contribution in [-0.4, -0.2) is 26.0 Å². The molecule has 2 aromatic rings. The summed E-state index contributed by atoms with van der Waals surface area (Å²) in [4.78, 5) is 14.6. The third-order valence-corrected chi connectivity index (χ3v) is 6.21. The van der Waals surface area contributed by atoms with Crippen LogP contribution in [0.1, 0.15) is 71.6 Å². The second-order valence-electron chi connectivity index (χ2n) is 8.38. The Kier molecular flexibility index (Phi) is 8.12. The summed E-state index contributed by atoms with van der Waals surface area (Å²) < 4.78 is 0. The van der Waals surface area contributed by atoms with Gasteiger partial charge < -0.3 is 10.2 Å². The van der Waals surface area contributed by atoms with E-state index in [2.05, 4.69) is 61.1 Å². The van der Waals surface area contributed by atoms with Crippen LogP contribution in [-0.2, 0) is 19.3 Å². The van der Waals surface area contributed by atoms with E-state index in [1.54, 1.807) is 0 Å². The van der Waals surface area contributed by atoms with Gasteiger partial charge in [-0.3, -0.25) is 4.79 Å². The Hall–Kier alpha value is -2.55. The number of anilines is 1. The van der Waals surface area contributed by atoms with Crippen molar-refractivity contribution < 1.29 is 4.79 Å². The lowest BCUT2D eigenvalue weighted by atomic mass is 9.98. The van der Waals surface area contributed by atoms with Crippen LogP contribution in [0.25, 0.3) is 6.08 Å². The van der Waals surface area contributed by atoms with Crippen molar-refractivity contribution in [2.45, 2.75) is 58.3 Å². The van der Waals surface area contributed by atoms with Gasteiger partial charge in [-0.1, -0.05) is 57.0 Å². The fraction of sp³-hybridized carbons (Fsp3) is 0.444. The largest absolute Gasteiger partial charge is 0.374 e. The maximum atomic E-state index is 12.4. The fourth-order valence-electron chi connectivity index (χ4n) is 4.32. The number of likely N-dealkylation sites (N-methyl/N-ethyl adjacent to an activating group) is 1. The zero-order valence-electron chi connectivity index (χ0n) is 18.7. The van der Waals surface area contributed by atoms with Crippen LogP contribution in [0.5, 0.6) is 0 Å². The van der Waals surface area contributed by atoms with Gasteiger partial charge in [0.05, 0.1) is 0 Å². The van der Waals surface area contributed by atoms with Gasteiger partial charge in [0.15, 0.2) is 0 Å². The molecule has 1 aliphatic rings. The average Bonchev–Trinajstić information content (AvgIpc) is 3.15. The van der Waals surface area contributed by atoms with Crippen LogP contribution in [0.3, 0.4) is 0 Å². The van der Waals surface area contributed by atoms with Crippen LogP contribution in [0.15, 0.2) is 43.0 Å². The van der Waals surface area contributed by atoms with Gasteiger partial charge in [-0.15, -0.1) is 0 Å². The van der Waals surface area contributed by atoms with Gasteiger partial charge in [-0.25, -0.2) is 0 Å². The number of fused-ring (bicyclic) bond motifs is 1. The van der Waals surface area contributed by atoms with E-state index in [0.29, 0.717) is 0 Å². The molecular formula is C27H36N2O. The number of unbranched alkanes of at least 4 members (excludes halogenated alkanes) is 4. The molecule has 0 radical (unpaired) electrons. The molecule has 0 fully saturated rings. The predicted octanol–water partition coefficient (Wildman–Crippen LogP) is 5.81. The van der Waals surface area contributed by atoms with Crippen LogP contribution < -0.4 is 10.2 Å². The molecule has 1 N–H and O–H groups in total. The zero-order chi connectivity index (χ0) is 21.3. The molecule has 0 bridgehead atoms. The number of amides is 1. The molecule has 0 aromatic heterocycles. The summed E-state index contributed by atoms with van der Waals surface area (Å²) in [6.45, 7) is 7.90. The van der Waals surface area contributed by atoms with Crippen LogP contribution >= 0.6 is 0 Å². The standard InChI is InChI=1S/C27H36N2O/c1-4-22-13-12-21(19-23(22)5-2)11-9-7-6-8-10-17-28-27(30)25-14-15-26-24(20-25)16-18-29(26)3/h4,12-15,19-20H,1,5-11,16-18H2,2-3H3,(H,28,30). The average molecular weight is 405 g/mol. The molecule has 0 unspecified atom stereocenters. The van der Waals surface area contributed by atoms with Crippen molar-refractivity contribution in [2.24, 2.45) is 0 Å². The Morgan fingerprint density at radius 1 is 1.10 bits per heavy atom. The second kappa shape index (κ2) is 11.0. The van der Waals surface area contributed by atoms with Crippen molar-refractivity contribution in [3.8, 4) is 0 Å². The molecule has 3 nitrogen and oxygen atoms in total. The van der Waals surface area contributed by atoms with Crippen molar-refractivity contribution in [2.75, 3.05) is 25.0 Å². The lowest BCUT2D eigenvalue weighted by molar-refractivity contribution is 0.0953. The topological polar surface area (TPSA) is 32.3 Å². The highest BCUT2D eigenvalue weighted by molar-refractivity contribution is 5.95. The van der Waals surface area contributed by atoms with E-state index in [4.69, 9.17) is 0 Å². The second-order valence-corrected chi connectivity index (χ2v) is 8.38. The molecule has 0 spiro atoms. The quantitative estimate of drug-likeness (QED) is 0.480. The number of benzene rings is 2. The van der Waals surface area contributed by atoms with E-state index in [-0.39, 0.29) is 5.91 Å². The highest BCUT2D eigenvalue weighted by Crippen LogP contribution is 2.27. The molecule has 30 heavy (non-hydrogen) atoms. The molecule has 0 aliphatic carbocycles. The Morgan fingerprint density at radius 2 is 1.90 bits per heavy atom. The highest BCUT2D eigenvalue weighted by Gasteiger charge is 2.17. The molecule has 3 heteroatoms. The fourth-order valence-corrected chi connectivity index (χ4v) is 4.32. The van der Waals surface area contributed by atoms with Crippen molar-refractivity contribution >= 4 is 17.7 Å². The van der Waals surface area contributed by atoms with Gasteiger partial charge in [-0.2, -0.15) is 0 Å². The van der Waals surface area contributed by atoms with Gasteiger partial charge >= 0.3 is 0 Å². The SMILES string of the molecule is C=Cc1ccc(CCCCCCCNC(=O)c2ccc3c(c2)CCN3C)cc1CC. The summed E-state index contributed by atoms with van der Waals surface area (Å²) >= 11 is 0. The van der Waals surface area contributed by atoms with Gasteiger partial charge in [0.1, 0.15) is 0 Å². The number of rotatable bonds is 11. The summed E-state index contributed by atoms with van der Waals surface area (Å²) in [5, 5.41) is 3.08. The summed E-state index contributed by atoms with van der Waals surface area (Å²) in [6, 6.07) is 12.8. The Labute approximate surface area is 182 Å². The molecule has 1 heterocycles. The number of carbonyl (C=O) groups excluding carboxylic acids is 1. The number of hydrogen-bond donors (Lipinski definition) is 1. The van der Waals surface area contributed by atoms with E-state index in [1.165, 1.54) is 53.6 Å². The first-order valence-corrected chi connectivity index (χ1v) is 11.5. The maximum Gasteiger partial charge on any atom is 0.251 e. The summed E-state index contributed by atoms with van der Waals surface area (Å²) in [6.07, 6.45) is 11.1. The Bertz CT molecular complexity index is 871. The number of hydrogen-bond acceptors (Lipinski definition) is 2. The highest BCUT2D eigenvalue weighted by atomic mass is 16.1. The molecule has 0 atom stereocenters. The van der Waals surface area contributed by atoms with Gasteiger partial charge in [0.2, 0.25) is 0 Å². The first kappa shape index (κ1) is 22.1. The van der Waals surface area contributed by atoms with E-state index >= 15 is 0 Å². The smallest absolute Gasteiger partial charge is 0.251 e. The monoisotopic (exact) mass is 404 g/mol. The van der Waals surface area contributed by atoms with Gasteiger partial charge in [0, 0.05) is 31.4 Å². The molecule has 3 rings (SSSR count). The number of carbonyl (C=O) groups is 1. The summed E-state index contributed by atoms with van der Waals surface area (Å²) in [7, 11) is 2.10. The van der Waals surface area contributed by atoms with Crippen LogP contribution in [0, 0.1) is 0 Å². The molecule has 1 aliphatic heterocycles. The molecule has 160 valence electrons. The molecule has 1 amide bonds. The van der Waals surface area contributed by atoms with E-state index in [0.717, 1.165) is 44.3 Å². The normalized spacial score (nSPS) is 12.7. The molecule has 0 saturated heterocycles. The molecular weight excluding hydrogens is 368 g/mol. The number of nitrogens with one attached hydrogen (secondary N) is 1. The Balaban J connectivity index is 1.29. The minimum atomic E-state index is 0.0575. The minimum absolute atomic E-state index is 0.0575. The van der Waals surface area contributed by atoms with Crippen molar-refractivity contribution in [3.05, 3.63) is 70.8 Å². The van der Waals surface area contributed by atoms with Crippen LogP contribution in [0.2, 0.25) is 0 Å². The minimum Gasteiger partial charge on any atom is -0.374 e. The summed E-state index contributed by atoms with van der Waals surface area (Å²) in [5.41, 5.74) is 7.43. The maximum absolute atomic E-state index is 12.4. The lowest BCUT2D eigenvalue weighted by Gasteiger charge is -2.12. The first-order valence-electron chi connectivity index (χ1n) is 11.5. The summed E-state index contributed by atoms with van der Waals surface area (Å²) in [5.74, 6) is 0.0575. The number of aryl methyl sites for hydroxylation is 2. The van der Waals surface area contributed by atoms with Gasteiger partial charge in [-0.05, 0) is 72.6 Å². The van der Waals surface area contributed by atoms with Crippen molar-refractivity contribution in [1.29, 1.82) is 0 Å². The van der Waals surface area contributed by atoms with E-state index < -0.39 is 0 Å². The zero-order valence-corrected chi connectivity index (χ0v) is 18.7. The Morgan fingerprint density at radius 3 is 2.70 bits per heavy atom. The van der Waals surface area contributed by atoms with Crippen LogP contribution in [0.4, 0.5) is 5.69 Å².